The number of carbonyl (C=O) groups excluding carboxylic acids is 1. The van der Waals surface area contributed by atoms with Crippen LogP contribution in [0.15, 0.2) is 60.8 Å². The number of nitrogens with zero attached hydrogens (tertiary/aromatic N) is 7. The van der Waals surface area contributed by atoms with Gasteiger partial charge in [-0.15, -0.1) is 10.2 Å². The van der Waals surface area contributed by atoms with Crippen LogP contribution in [0, 0.1) is 0 Å². The first kappa shape index (κ1) is 25.7. The van der Waals surface area contributed by atoms with Crippen molar-refractivity contribution in [2.24, 2.45) is 7.05 Å². The molecule has 1 saturated heterocycles. The minimum atomic E-state index is 0.0396. The second kappa shape index (κ2) is 10.5. The van der Waals surface area contributed by atoms with E-state index in [-0.39, 0.29) is 5.91 Å². The van der Waals surface area contributed by atoms with Gasteiger partial charge in [0.25, 0.3) is 5.91 Å². The average molecular weight is 536 g/mol. The Labute approximate surface area is 232 Å². The molecule has 1 amide bonds. The molecule has 5 aromatic rings. The van der Waals surface area contributed by atoms with Gasteiger partial charge in [0.1, 0.15) is 5.65 Å². The molecule has 3 aromatic heterocycles. The van der Waals surface area contributed by atoms with Crippen molar-refractivity contribution in [1.82, 2.24) is 40.0 Å². The Kier molecular flexibility index (Phi) is 6.77. The molecular formula is C30H33N9O. The number of benzene rings is 2. The molecule has 0 atom stereocenters. The topological polar surface area (TPSA) is 122 Å². The number of likely N-dealkylation sites (tertiary alicyclic amines) is 1. The van der Waals surface area contributed by atoms with Gasteiger partial charge in [-0.05, 0) is 90.2 Å². The maximum absolute atomic E-state index is 12.2. The van der Waals surface area contributed by atoms with E-state index < -0.39 is 0 Å². The van der Waals surface area contributed by atoms with E-state index in [1.807, 2.05) is 42.6 Å². The third-order valence-corrected chi connectivity index (χ3v) is 7.99. The number of hydrogen-bond acceptors (Lipinski definition) is 7. The molecular weight excluding hydrogens is 502 g/mol. The summed E-state index contributed by atoms with van der Waals surface area (Å²) in [5.41, 5.74) is 13.9. The minimum Gasteiger partial charge on any atom is -0.398 e. The van der Waals surface area contributed by atoms with Crippen LogP contribution >= 0.6 is 0 Å². The van der Waals surface area contributed by atoms with Gasteiger partial charge in [0.05, 0.1) is 0 Å². The van der Waals surface area contributed by atoms with Crippen LogP contribution in [-0.2, 0) is 13.6 Å². The van der Waals surface area contributed by atoms with Crippen LogP contribution in [0.1, 0.15) is 40.4 Å². The Bertz CT molecular complexity index is 1650. The first-order valence-corrected chi connectivity index (χ1v) is 13.5. The molecule has 1 aliphatic heterocycles. The summed E-state index contributed by atoms with van der Waals surface area (Å²) in [7, 11) is 5.65. The Morgan fingerprint density at radius 3 is 2.52 bits per heavy atom. The van der Waals surface area contributed by atoms with Gasteiger partial charge in [-0.2, -0.15) is 5.21 Å². The average Bonchev–Trinajstić information content (AvgIpc) is 3.62. The number of amides is 1. The number of piperidine rings is 1. The summed E-state index contributed by atoms with van der Waals surface area (Å²) in [5, 5.41) is 15.5. The molecule has 4 heterocycles. The van der Waals surface area contributed by atoms with Gasteiger partial charge >= 0.3 is 0 Å². The first-order valence-electron chi connectivity index (χ1n) is 13.5. The Morgan fingerprint density at radius 1 is 1.05 bits per heavy atom. The smallest absolute Gasteiger partial charge is 0.253 e. The van der Waals surface area contributed by atoms with Crippen LogP contribution in [0.4, 0.5) is 5.69 Å². The van der Waals surface area contributed by atoms with E-state index in [2.05, 4.69) is 55.3 Å². The van der Waals surface area contributed by atoms with E-state index in [1.54, 1.807) is 19.0 Å². The highest BCUT2D eigenvalue weighted by molar-refractivity contribution is 5.95. The fourth-order valence-electron chi connectivity index (χ4n) is 5.68. The zero-order chi connectivity index (χ0) is 27.8. The lowest BCUT2D eigenvalue weighted by atomic mass is 9.89. The molecule has 0 saturated carbocycles. The normalized spacial score (nSPS) is 14.6. The number of H-pyrrole nitrogens is 1. The standard InChI is InChI=1S/C30H33N9O/c1-37(2)30(40)21-6-4-19(5-7-21)20-11-14-39(15-12-20)18-23-17-25-24(10-13-32-29(25)38(23)3)22-8-9-27(31)26(16-22)28-33-35-36-34-28/h4-10,13,16-17,20H,11-12,14-15,18,31H2,1-3H3,(H,33,34,35,36). The van der Waals surface area contributed by atoms with E-state index in [1.165, 1.54) is 11.3 Å². The third-order valence-electron chi connectivity index (χ3n) is 7.99. The van der Waals surface area contributed by atoms with Crippen molar-refractivity contribution >= 4 is 22.6 Å². The van der Waals surface area contributed by atoms with Gasteiger partial charge in [0.2, 0.25) is 5.82 Å². The molecule has 10 heteroatoms. The van der Waals surface area contributed by atoms with Gasteiger partial charge < -0.3 is 15.2 Å². The van der Waals surface area contributed by atoms with Crippen molar-refractivity contribution in [3.63, 3.8) is 0 Å². The van der Waals surface area contributed by atoms with Gasteiger partial charge in [0.15, 0.2) is 0 Å². The third kappa shape index (κ3) is 4.82. The second-order valence-corrected chi connectivity index (χ2v) is 10.7. The molecule has 204 valence electrons. The fourth-order valence-corrected chi connectivity index (χ4v) is 5.68. The molecule has 3 N–H and O–H groups in total. The molecule has 0 aliphatic carbocycles. The van der Waals surface area contributed by atoms with Crippen molar-refractivity contribution in [2.75, 3.05) is 32.9 Å². The summed E-state index contributed by atoms with van der Waals surface area (Å²) in [4.78, 5) is 21.1. The molecule has 0 bridgehead atoms. The van der Waals surface area contributed by atoms with Gasteiger partial charge in [-0.3, -0.25) is 9.69 Å². The number of aromatic amines is 1. The number of fused-ring (bicyclic) bond motifs is 1. The summed E-state index contributed by atoms with van der Waals surface area (Å²) in [6.45, 7) is 2.92. The van der Waals surface area contributed by atoms with Gasteiger partial charge in [-0.1, -0.05) is 18.2 Å². The molecule has 0 spiro atoms. The highest BCUT2D eigenvalue weighted by Gasteiger charge is 2.23. The quantitative estimate of drug-likeness (QED) is 0.314. The lowest BCUT2D eigenvalue weighted by Crippen LogP contribution is -2.33. The lowest BCUT2D eigenvalue weighted by Gasteiger charge is -2.32. The van der Waals surface area contributed by atoms with Crippen LogP contribution in [-0.4, -0.2) is 73.1 Å². The number of hydrogen-bond donors (Lipinski definition) is 2. The summed E-state index contributed by atoms with van der Waals surface area (Å²) in [6, 6.07) is 18.4. The van der Waals surface area contributed by atoms with Crippen molar-refractivity contribution in [1.29, 1.82) is 0 Å². The lowest BCUT2D eigenvalue weighted by molar-refractivity contribution is 0.0827. The molecule has 0 unspecified atom stereocenters. The summed E-state index contributed by atoms with van der Waals surface area (Å²) in [6.07, 6.45) is 4.05. The first-order chi connectivity index (χ1) is 19.4. The molecule has 1 fully saturated rings. The fraction of sp³-hybridized carbons (Fsp3) is 0.300. The SMILES string of the molecule is CN(C)C(=O)c1ccc(C2CCN(Cc3cc4c(-c5ccc(N)c(-c6nn[nH]n6)c5)ccnc4n3C)CC2)cc1. The molecule has 10 nitrogen and oxygen atoms in total. The van der Waals surface area contributed by atoms with Gasteiger partial charge in [0, 0.05) is 61.8 Å². The number of nitrogens with one attached hydrogen (secondary N) is 1. The summed E-state index contributed by atoms with van der Waals surface area (Å²) >= 11 is 0. The Balaban J connectivity index is 1.19. The van der Waals surface area contributed by atoms with Crippen molar-refractivity contribution in [3.05, 3.63) is 77.6 Å². The summed E-state index contributed by atoms with van der Waals surface area (Å²) < 4.78 is 2.20. The van der Waals surface area contributed by atoms with Crippen LogP contribution in [0.25, 0.3) is 33.5 Å². The van der Waals surface area contributed by atoms with E-state index in [9.17, 15) is 4.79 Å². The molecule has 6 rings (SSSR count). The predicted molar refractivity (Wildman–Crippen MR) is 155 cm³/mol. The number of carbonyl (C=O) groups is 1. The number of tetrazole rings is 1. The zero-order valence-electron chi connectivity index (χ0n) is 23.0. The van der Waals surface area contributed by atoms with Crippen LogP contribution in [0.3, 0.4) is 0 Å². The summed E-state index contributed by atoms with van der Waals surface area (Å²) in [5.74, 6) is 1.03. The number of rotatable bonds is 6. The minimum absolute atomic E-state index is 0.0396. The second-order valence-electron chi connectivity index (χ2n) is 10.7. The van der Waals surface area contributed by atoms with Crippen molar-refractivity contribution < 1.29 is 4.79 Å². The Hall–Kier alpha value is -4.57. The number of pyridine rings is 1. The Morgan fingerprint density at radius 2 is 1.82 bits per heavy atom. The molecule has 40 heavy (non-hydrogen) atoms. The number of anilines is 1. The predicted octanol–water partition coefficient (Wildman–Crippen LogP) is 4.08. The van der Waals surface area contributed by atoms with E-state index in [0.29, 0.717) is 17.4 Å². The highest BCUT2D eigenvalue weighted by Crippen LogP contribution is 2.35. The largest absolute Gasteiger partial charge is 0.398 e. The monoisotopic (exact) mass is 535 g/mol. The molecule has 2 aromatic carbocycles. The highest BCUT2D eigenvalue weighted by atomic mass is 16.2. The van der Waals surface area contributed by atoms with E-state index in [4.69, 9.17) is 10.7 Å². The van der Waals surface area contributed by atoms with E-state index >= 15 is 0 Å². The van der Waals surface area contributed by atoms with Gasteiger partial charge in [-0.25, -0.2) is 4.98 Å². The van der Waals surface area contributed by atoms with Crippen LogP contribution in [0.2, 0.25) is 0 Å². The van der Waals surface area contributed by atoms with E-state index in [0.717, 1.165) is 65.8 Å². The van der Waals surface area contributed by atoms with Crippen molar-refractivity contribution in [2.45, 2.75) is 25.3 Å². The molecule has 0 radical (unpaired) electrons. The van der Waals surface area contributed by atoms with Crippen LogP contribution in [0.5, 0.6) is 0 Å². The maximum Gasteiger partial charge on any atom is 0.253 e. The number of aryl methyl sites for hydroxylation is 1. The number of nitrogen functional groups attached to an aromatic ring is 1. The van der Waals surface area contributed by atoms with Crippen molar-refractivity contribution in [3.8, 4) is 22.5 Å². The number of aromatic nitrogens is 6. The van der Waals surface area contributed by atoms with Crippen LogP contribution < -0.4 is 5.73 Å². The maximum atomic E-state index is 12.2. The zero-order valence-corrected chi connectivity index (χ0v) is 23.0. The number of nitrogens with two attached hydrogens (primary N) is 1. The molecule has 1 aliphatic rings.